The molecule has 4 heteroatoms. The summed E-state index contributed by atoms with van der Waals surface area (Å²) in [5.41, 5.74) is 0.740. The van der Waals surface area contributed by atoms with Gasteiger partial charge in [0.1, 0.15) is 0 Å². The molecule has 0 radical (unpaired) electrons. The first-order valence-electron chi connectivity index (χ1n) is 6.93. The average molecular weight is 374 g/mol. The second-order valence-electron chi connectivity index (χ2n) is 4.50. The molecule has 0 aromatic heterocycles. The van der Waals surface area contributed by atoms with Gasteiger partial charge in [0.2, 0.25) is 0 Å². The van der Waals surface area contributed by atoms with Gasteiger partial charge in [-0.15, -0.1) is 0 Å². The van der Waals surface area contributed by atoms with Gasteiger partial charge >= 0.3 is 0 Å². The lowest BCUT2D eigenvalue weighted by Gasteiger charge is -2.17. The lowest BCUT2D eigenvalue weighted by molar-refractivity contribution is 0.0952. The van der Waals surface area contributed by atoms with E-state index in [1.54, 1.807) is 0 Å². The van der Waals surface area contributed by atoms with Crippen LogP contribution in [0.1, 0.15) is 37.0 Å². The fourth-order valence-corrected chi connectivity index (χ4v) is 2.27. The number of carbonyl (C=O) groups is 1. The molecule has 0 aliphatic rings. The van der Waals surface area contributed by atoms with Crippen LogP contribution in [0, 0.1) is 3.57 Å². The minimum atomic E-state index is 0.0271. The zero-order chi connectivity index (χ0) is 14.1. The van der Waals surface area contributed by atoms with Crippen molar-refractivity contribution >= 4 is 28.5 Å². The minimum absolute atomic E-state index is 0.0271. The van der Waals surface area contributed by atoms with Crippen LogP contribution in [0.25, 0.3) is 0 Å². The molecule has 0 aliphatic carbocycles. The molecule has 106 valence electrons. The second kappa shape index (κ2) is 9.31. The fourth-order valence-electron chi connectivity index (χ4n) is 1.91. The van der Waals surface area contributed by atoms with Crippen LogP contribution in [0.2, 0.25) is 0 Å². The first-order valence-corrected chi connectivity index (χ1v) is 8.01. The highest BCUT2D eigenvalue weighted by Crippen LogP contribution is 2.06. The maximum Gasteiger partial charge on any atom is 0.251 e. The summed E-state index contributed by atoms with van der Waals surface area (Å²) >= 11 is 2.24. The first-order chi connectivity index (χ1) is 9.17. The number of nitrogens with zero attached hydrogens (tertiary/aromatic N) is 1. The highest BCUT2D eigenvalue weighted by molar-refractivity contribution is 14.1. The Kier molecular flexibility index (Phi) is 8.05. The molecule has 0 saturated heterocycles. The van der Waals surface area contributed by atoms with Crippen molar-refractivity contribution in [3.8, 4) is 0 Å². The third-order valence-electron chi connectivity index (χ3n) is 3.19. The summed E-state index contributed by atoms with van der Waals surface area (Å²) in [4.78, 5) is 14.2. The van der Waals surface area contributed by atoms with E-state index in [1.807, 2.05) is 24.3 Å². The van der Waals surface area contributed by atoms with Crippen molar-refractivity contribution in [3.63, 3.8) is 0 Å². The number of hydrogen-bond acceptors (Lipinski definition) is 2. The van der Waals surface area contributed by atoms with Gasteiger partial charge < -0.3 is 10.2 Å². The lowest BCUT2D eigenvalue weighted by Crippen LogP contribution is -2.27. The molecule has 0 saturated carbocycles. The van der Waals surface area contributed by atoms with Crippen LogP contribution in [0.3, 0.4) is 0 Å². The molecule has 0 aliphatic heterocycles. The molecule has 0 fully saturated rings. The highest BCUT2D eigenvalue weighted by Gasteiger charge is 2.04. The molecule has 19 heavy (non-hydrogen) atoms. The Balaban J connectivity index is 2.19. The van der Waals surface area contributed by atoms with E-state index in [0.717, 1.165) is 48.2 Å². The van der Waals surface area contributed by atoms with Crippen LogP contribution in [0.15, 0.2) is 24.3 Å². The first kappa shape index (κ1) is 16.4. The monoisotopic (exact) mass is 374 g/mol. The number of benzene rings is 1. The Hall–Kier alpha value is -0.620. The van der Waals surface area contributed by atoms with Gasteiger partial charge in [-0.05, 0) is 79.3 Å². The molecule has 0 unspecified atom stereocenters. The molecular formula is C15H23IN2O. The average Bonchev–Trinajstić information content (AvgIpc) is 2.43. The van der Waals surface area contributed by atoms with Crippen LogP contribution in [0.4, 0.5) is 0 Å². The molecule has 1 amide bonds. The molecule has 0 atom stereocenters. The van der Waals surface area contributed by atoms with Gasteiger partial charge in [-0.1, -0.05) is 13.8 Å². The summed E-state index contributed by atoms with van der Waals surface area (Å²) < 4.78 is 1.15. The van der Waals surface area contributed by atoms with E-state index in [-0.39, 0.29) is 5.91 Å². The maximum atomic E-state index is 11.8. The Labute approximate surface area is 129 Å². The number of hydrogen-bond donors (Lipinski definition) is 1. The van der Waals surface area contributed by atoms with Crippen LogP contribution in [-0.4, -0.2) is 37.0 Å². The highest BCUT2D eigenvalue weighted by atomic mass is 127. The van der Waals surface area contributed by atoms with Gasteiger partial charge in [-0.3, -0.25) is 4.79 Å². The van der Waals surface area contributed by atoms with E-state index >= 15 is 0 Å². The maximum absolute atomic E-state index is 11.8. The van der Waals surface area contributed by atoms with E-state index in [2.05, 4.69) is 46.7 Å². The smallest absolute Gasteiger partial charge is 0.251 e. The van der Waals surface area contributed by atoms with Crippen molar-refractivity contribution in [1.29, 1.82) is 0 Å². The van der Waals surface area contributed by atoms with E-state index in [9.17, 15) is 4.79 Å². The fraction of sp³-hybridized carbons (Fsp3) is 0.533. The van der Waals surface area contributed by atoms with Gasteiger partial charge in [0.25, 0.3) is 5.91 Å². The molecule has 1 aromatic rings. The standard InChI is InChI=1S/C15H23IN2O/c1-3-18(4-2)12-6-5-11-17-15(19)13-7-9-14(16)10-8-13/h7-10H,3-6,11-12H2,1-2H3,(H,17,19). The molecule has 1 N–H and O–H groups in total. The minimum Gasteiger partial charge on any atom is -0.352 e. The van der Waals surface area contributed by atoms with Crippen LogP contribution >= 0.6 is 22.6 Å². The van der Waals surface area contributed by atoms with E-state index in [1.165, 1.54) is 0 Å². The van der Waals surface area contributed by atoms with Crippen molar-refractivity contribution in [2.45, 2.75) is 26.7 Å². The number of rotatable bonds is 8. The Morgan fingerprint density at radius 3 is 2.37 bits per heavy atom. The summed E-state index contributed by atoms with van der Waals surface area (Å²) in [7, 11) is 0. The number of unbranched alkanes of at least 4 members (excludes halogenated alkanes) is 1. The predicted octanol–water partition coefficient (Wildman–Crippen LogP) is 3.14. The third-order valence-corrected chi connectivity index (χ3v) is 3.91. The van der Waals surface area contributed by atoms with E-state index < -0.39 is 0 Å². The normalized spacial score (nSPS) is 10.7. The molecule has 1 aromatic carbocycles. The van der Waals surface area contributed by atoms with Gasteiger partial charge in [-0.2, -0.15) is 0 Å². The van der Waals surface area contributed by atoms with Gasteiger partial charge in [-0.25, -0.2) is 0 Å². The number of halogens is 1. The van der Waals surface area contributed by atoms with Crippen LogP contribution in [-0.2, 0) is 0 Å². The summed E-state index contributed by atoms with van der Waals surface area (Å²) in [5.74, 6) is 0.0271. The third kappa shape index (κ3) is 6.38. The van der Waals surface area contributed by atoms with Crippen molar-refractivity contribution in [2.24, 2.45) is 0 Å². The molecule has 3 nitrogen and oxygen atoms in total. The topological polar surface area (TPSA) is 32.3 Å². The van der Waals surface area contributed by atoms with Crippen molar-refractivity contribution in [2.75, 3.05) is 26.2 Å². The van der Waals surface area contributed by atoms with Gasteiger partial charge in [0.15, 0.2) is 0 Å². The predicted molar refractivity (Wildman–Crippen MR) is 88.5 cm³/mol. The molecule has 0 heterocycles. The molecular weight excluding hydrogens is 351 g/mol. The Bertz CT molecular complexity index is 374. The Morgan fingerprint density at radius 2 is 1.79 bits per heavy atom. The van der Waals surface area contributed by atoms with Gasteiger partial charge in [0.05, 0.1) is 0 Å². The SMILES string of the molecule is CCN(CC)CCCCNC(=O)c1ccc(I)cc1. The number of amides is 1. The van der Waals surface area contributed by atoms with Gasteiger partial charge in [0, 0.05) is 15.7 Å². The van der Waals surface area contributed by atoms with Crippen molar-refractivity contribution < 1.29 is 4.79 Å². The van der Waals surface area contributed by atoms with Crippen LogP contribution < -0.4 is 5.32 Å². The quantitative estimate of drug-likeness (QED) is 0.560. The van der Waals surface area contributed by atoms with Crippen molar-refractivity contribution in [1.82, 2.24) is 10.2 Å². The van der Waals surface area contributed by atoms with Crippen LogP contribution in [0.5, 0.6) is 0 Å². The molecule has 0 spiro atoms. The Morgan fingerprint density at radius 1 is 1.16 bits per heavy atom. The van der Waals surface area contributed by atoms with E-state index in [0.29, 0.717) is 0 Å². The summed E-state index contributed by atoms with van der Waals surface area (Å²) in [6, 6.07) is 7.64. The molecule has 1 rings (SSSR count). The zero-order valence-corrected chi connectivity index (χ0v) is 13.9. The number of nitrogens with one attached hydrogen (secondary N) is 1. The largest absolute Gasteiger partial charge is 0.352 e. The molecule has 0 bridgehead atoms. The number of carbonyl (C=O) groups excluding carboxylic acids is 1. The lowest BCUT2D eigenvalue weighted by atomic mass is 10.2. The second-order valence-corrected chi connectivity index (χ2v) is 5.74. The summed E-state index contributed by atoms with van der Waals surface area (Å²) in [6.07, 6.45) is 2.17. The summed E-state index contributed by atoms with van der Waals surface area (Å²) in [6.45, 7) is 8.44. The summed E-state index contributed by atoms with van der Waals surface area (Å²) in [5, 5.41) is 2.97. The zero-order valence-electron chi connectivity index (χ0n) is 11.8. The van der Waals surface area contributed by atoms with E-state index in [4.69, 9.17) is 0 Å². The van der Waals surface area contributed by atoms with Crippen molar-refractivity contribution in [3.05, 3.63) is 33.4 Å².